The Morgan fingerprint density at radius 1 is 1.08 bits per heavy atom. The van der Waals surface area contributed by atoms with Gasteiger partial charge in [-0.3, -0.25) is 9.55 Å². The van der Waals surface area contributed by atoms with Crippen LogP contribution in [0.15, 0.2) is 41.6 Å². The van der Waals surface area contributed by atoms with E-state index in [2.05, 4.69) is 26.0 Å². The molecule has 2 N–H and O–H groups in total. The van der Waals surface area contributed by atoms with Gasteiger partial charge in [0, 0.05) is 54.4 Å². The number of rotatable bonds is 2. The van der Waals surface area contributed by atoms with E-state index in [1.54, 1.807) is 6.20 Å². The fourth-order valence-electron chi connectivity index (χ4n) is 3.57. The third-order valence-corrected chi connectivity index (χ3v) is 4.86. The van der Waals surface area contributed by atoms with Gasteiger partial charge in [-0.2, -0.15) is 0 Å². The molecular formula is C18H17N5O2. The molecule has 1 aliphatic heterocycles. The van der Waals surface area contributed by atoms with Gasteiger partial charge in [-0.1, -0.05) is 0 Å². The first-order valence-corrected chi connectivity index (χ1v) is 8.41. The van der Waals surface area contributed by atoms with Crippen LogP contribution in [-0.4, -0.2) is 37.7 Å². The van der Waals surface area contributed by atoms with Crippen molar-refractivity contribution in [2.24, 2.45) is 0 Å². The van der Waals surface area contributed by atoms with Crippen molar-refractivity contribution in [2.75, 3.05) is 13.2 Å². The van der Waals surface area contributed by atoms with Gasteiger partial charge in [0.25, 0.3) is 0 Å². The molecule has 0 spiro atoms. The van der Waals surface area contributed by atoms with Crippen LogP contribution in [0.2, 0.25) is 0 Å². The lowest BCUT2D eigenvalue weighted by Gasteiger charge is -2.23. The van der Waals surface area contributed by atoms with Gasteiger partial charge in [-0.25, -0.2) is 14.8 Å². The van der Waals surface area contributed by atoms with Crippen LogP contribution < -0.4 is 5.69 Å². The lowest BCUT2D eigenvalue weighted by molar-refractivity contribution is 0.0698. The molecule has 0 unspecified atom stereocenters. The van der Waals surface area contributed by atoms with E-state index in [0.29, 0.717) is 18.9 Å². The Bertz CT molecular complexity index is 1120. The van der Waals surface area contributed by atoms with Gasteiger partial charge in [-0.15, -0.1) is 0 Å². The van der Waals surface area contributed by atoms with Crippen molar-refractivity contribution < 1.29 is 4.74 Å². The SMILES string of the molecule is O=c1[nH]c2ncc(-c3cnc4[nH]ccc4c3)cc2n1C1CCOCC1. The molecule has 126 valence electrons. The summed E-state index contributed by atoms with van der Waals surface area (Å²) in [4.78, 5) is 27.3. The maximum atomic E-state index is 12.4. The van der Waals surface area contributed by atoms with E-state index in [-0.39, 0.29) is 11.7 Å². The highest BCUT2D eigenvalue weighted by atomic mass is 16.5. The first-order valence-electron chi connectivity index (χ1n) is 8.41. The molecule has 7 nitrogen and oxygen atoms in total. The second-order valence-electron chi connectivity index (χ2n) is 6.37. The zero-order valence-corrected chi connectivity index (χ0v) is 13.5. The zero-order valence-electron chi connectivity index (χ0n) is 13.5. The number of H-pyrrole nitrogens is 2. The minimum atomic E-state index is -0.106. The Hall–Kier alpha value is -2.93. The normalized spacial score (nSPS) is 16.0. The molecule has 0 aromatic carbocycles. The summed E-state index contributed by atoms with van der Waals surface area (Å²) in [5.74, 6) is 0. The Kier molecular flexibility index (Phi) is 3.21. The van der Waals surface area contributed by atoms with Gasteiger partial charge >= 0.3 is 5.69 Å². The van der Waals surface area contributed by atoms with Gasteiger partial charge < -0.3 is 9.72 Å². The lowest BCUT2D eigenvalue weighted by Crippen LogP contribution is -2.27. The molecule has 0 saturated carbocycles. The van der Waals surface area contributed by atoms with Crippen molar-refractivity contribution in [1.82, 2.24) is 24.5 Å². The summed E-state index contributed by atoms with van der Waals surface area (Å²) in [7, 11) is 0. The highest BCUT2D eigenvalue weighted by Crippen LogP contribution is 2.27. The maximum Gasteiger partial charge on any atom is 0.327 e. The topological polar surface area (TPSA) is 88.6 Å². The van der Waals surface area contributed by atoms with Crippen LogP contribution in [0, 0.1) is 0 Å². The molecule has 4 aromatic rings. The number of fused-ring (bicyclic) bond motifs is 2. The second-order valence-corrected chi connectivity index (χ2v) is 6.37. The van der Waals surface area contributed by atoms with Gasteiger partial charge in [0.2, 0.25) is 0 Å². The third-order valence-electron chi connectivity index (χ3n) is 4.86. The van der Waals surface area contributed by atoms with E-state index >= 15 is 0 Å². The van der Waals surface area contributed by atoms with Crippen LogP contribution >= 0.6 is 0 Å². The van der Waals surface area contributed by atoms with E-state index in [9.17, 15) is 4.79 Å². The van der Waals surface area contributed by atoms with Crippen LogP contribution in [-0.2, 0) is 4.74 Å². The summed E-state index contributed by atoms with van der Waals surface area (Å²) in [6, 6.07) is 6.24. The second kappa shape index (κ2) is 5.56. The van der Waals surface area contributed by atoms with Crippen molar-refractivity contribution in [3.05, 3.63) is 47.3 Å². The van der Waals surface area contributed by atoms with Crippen molar-refractivity contribution in [3.8, 4) is 11.1 Å². The van der Waals surface area contributed by atoms with Crippen LogP contribution in [0.3, 0.4) is 0 Å². The van der Waals surface area contributed by atoms with Crippen LogP contribution in [0.5, 0.6) is 0 Å². The van der Waals surface area contributed by atoms with Crippen molar-refractivity contribution >= 4 is 22.2 Å². The molecule has 0 amide bonds. The number of ether oxygens (including phenoxy) is 1. The minimum absolute atomic E-state index is 0.106. The first-order chi connectivity index (χ1) is 12.3. The van der Waals surface area contributed by atoms with Crippen molar-refractivity contribution in [1.29, 1.82) is 0 Å². The molecule has 25 heavy (non-hydrogen) atoms. The maximum absolute atomic E-state index is 12.4. The van der Waals surface area contributed by atoms with Crippen LogP contribution in [0.1, 0.15) is 18.9 Å². The summed E-state index contributed by atoms with van der Waals surface area (Å²) >= 11 is 0. The average Bonchev–Trinajstić information content (AvgIpc) is 3.24. The Balaban J connectivity index is 1.65. The largest absolute Gasteiger partial charge is 0.381 e. The number of aromatic amines is 2. The molecule has 1 fully saturated rings. The monoisotopic (exact) mass is 335 g/mol. The fourth-order valence-corrected chi connectivity index (χ4v) is 3.57. The highest BCUT2D eigenvalue weighted by Gasteiger charge is 2.21. The molecule has 1 aliphatic rings. The molecule has 0 aliphatic carbocycles. The predicted octanol–water partition coefficient (Wildman–Crippen LogP) is 2.62. The summed E-state index contributed by atoms with van der Waals surface area (Å²) in [5, 5.41) is 1.05. The van der Waals surface area contributed by atoms with Crippen molar-refractivity contribution in [2.45, 2.75) is 18.9 Å². The number of pyridine rings is 2. The van der Waals surface area contributed by atoms with Gasteiger partial charge in [0.1, 0.15) is 5.65 Å². The number of aromatic nitrogens is 5. The van der Waals surface area contributed by atoms with Gasteiger partial charge in [0.15, 0.2) is 5.65 Å². The minimum Gasteiger partial charge on any atom is -0.381 e. The van der Waals surface area contributed by atoms with E-state index < -0.39 is 0 Å². The number of hydrogen-bond donors (Lipinski definition) is 2. The number of nitrogens with zero attached hydrogens (tertiary/aromatic N) is 3. The van der Waals surface area contributed by atoms with Crippen LogP contribution in [0.4, 0.5) is 0 Å². The third kappa shape index (κ3) is 2.35. The summed E-state index contributed by atoms with van der Waals surface area (Å²) in [6.07, 6.45) is 7.16. The molecule has 5 heterocycles. The molecule has 5 rings (SSSR count). The number of imidazole rings is 1. The van der Waals surface area contributed by atoms with Gasteiger partial charge in [0.05, 0.1) is 5.52 Å². The van der Waals surface area contributed by atoms with Gasteiger partial charge in [-0.05, 0) is 31.0 Å². The molecule has 1 saturated heterocycles. The standard InChI is InChI=1S/C18H17N5O2/c24-18-22-17-15(23(18)14-2-5-25-6-3-14)8-13(10-21-17)12-7-11-1-4-19-16(11)20-9-12/h1,4,7-10,14H,2-3,5-6H2,(H,19,20)(H,21,22,24). The summed E-state index contributed by atoms with van der Waals surface area (Å²) in [5.41, 5.74) is 4.14. The first kappa shape index (κ1) is 14.4. The average molecular weight is 335 g/mol. The quantitative estimate of drug-likeness (QED) is 0.589. The summed E-state index contributed by atoms with van der Waals surface area (Å²) in [6.45, 7) is 1.37. The van der Waals surface area contributed by atoms with E-state index in [1.165, 1.54) is 0 Å². The van der Waals surface area contributed by atoms with E-state index in [0.717, 1.165) is 40.5 Å². The number of hydrogen-bond acceptors (Lipinski definition) is 4. The predicted molar refractivity (Wildman–Crippen MR) is 94.5 cm³/mol. The zero-order chi connectivity index (χ0) is 16.8. The Morgan fingerprint density at radius 2 is 1.84 bits per heavy atom. The fraction of sp³-hybridized carbons (Fsp3) is 0.278. The lowest BCUT2D eigenvalue weighted by atomic mass is 10.1. The Labute approximate surface area is 142 Å². The molecule has 7 heteroatoms. The highest BCUT2D eigenvalue weighted by molar-refractivity contribution is 5.84. The molecule has 0 radical (unpaired) electrons. The molecule has 0 atom stereocenters. The van der Waals surface area contributed by atoms with E-state index in [1.807, 2.05) is 29.1 Å². The number of nitrogens with one attached hydrogen (secondary N) is 2. The van der Waals surface area contributed by atoms with Crippen molar-refractivity contribution in [3.63, 3.8) is 0 Å². The molecule has 4 aromatic heterocycles. The summed E-state index contributed by atoms with van der Waals surface area (Å²) < 4.78 is 7.25. The molecule has 0 bridgehead atoms. The smallest absolute Gasteiger partial charge is 0.327 e. The Morgan fingerprint density at radius 3 is 2.68 bits per heavy atom. The molecular weight excluding hydrogens is 318 g/mol. The van der Waals surface area contributed by atoms with Crippen LogP contribution in [0.25, 0.3) is 33.3 Å². The van der Waals surface area contributed by atoms with E-state index in [4.69, 9.17) is 4.74 Å².